The Morgan fingerprint density at radius 1 is 1.33 bits per heavy atom. The molecule has 0 spiro atoms. The summed E-state index contributed by atoms with van der Waals surface area (Å²) in [6, 6.07) is 4.29. The Morgan fingerprint density at radius 2 is 2.06 bits per heavy atom. The molecular weight excluding hydrogens is 224 g/mol. The highest BCUT2D eigenvalue weighted by Crippen LogP contribution is 2.40. The fourth-order valence-electron chi connectivity index (χ4n) is 2.77. The summed E-state index contributed by atoms with van der Waals surface area (Å²) in [5, 5.41) is 3.53. The van der Waals surface area contributed by atoms with E-state index in [0.717, 1.165) is 24.5 Å². The van der Waals surface area contributed by atoms with Gasteiger partial charge in [0.15, 0.2) is 0 Å². The monoisotopic (exact) mass is 248 g/mol. The summed E-state index contributed by atoms with van der Waals surface area (Å²) < 4.78 is 5.49. The van der Waals surface area contributed by atoms with Crippen molar-refractivity contribution in [3.05, 3.63) is 23.3 Å². The van der Waals surface area contributed by atoms with E-state index in [0.29, 0.717) is 5.41 Å². The molecule has 1 aliphatic carbocycles. The lowest BCUT2D eigenvalue weighted by atomic mass is 9.69. The molecule has 3 N–H and O–H groups in total. The van der Waals surface area contributed by atoms with Crippen molar-refractivity contribution in [2.75, 3.05) is 25.5 Å². The van der Waals surface area contributed by atoms with E-state index < -0.39 is 0 Å². The summed E-state index contributed by atoms with van der Waals surface area (Å²) in [6.07, 6.45) is 3.79. The highest BCUT2D eigenvalue weighted by atomic mass is 16.5. The number of hydrogen-bond acceptors (Lipinski definition) is 3. The minimum atomic E-state index is 0.308. The Morgan fingerprint density at radius 3 is 2.56 bits per heavy atom. The summed E-state index contributed by atoms with van der Waals surface area (Å²) >= 11 is 0. The van der Waals surface area contributed by atoms with Crippen LogP contribution < -0.4 is 15.8 Å². The molecule has 0 aromatic heterocycles. The van der Waals surface area contributed by atoms with Crippen LogP contribution in [0.15, 0.2) is 12.1 Å². The predicted octanol–water partition coefficient (Wildman–Crippen LogP) is 2.85. The summed E-state index contributed by atoms with van der Waals surface area (Å²) in [6.45, 7) is 5.91. The lowest BCUT2D eigenvalue weighted by Gasteiger charge is -2.41. The number of rotatable bonds is 5. The van der Waals surface area contributed by atoms with Crippen LogP contribution in [0.2, 0.25) is 0 Å². The van der Waals surface area contributed by atoms with Crippen molar-refractivity contribution in [3.8, 4) is 5.75 Å². The average Bonchev–Trinajstić information content (AvgIpc) is 2.27. The van der Waals surface area contributed by atoms with E-state index in [2.05, 4.69) is 31.3 Å². The van der Waals surface area contributed by atoms with Gasteiger partial charge in [-0.15, -0.1) is 0 Å². The first-order valence-corrected chi connectivity index (χ1v) is 6.69. The number of nitrogens with two attached hydrogens (primary N) is 1. The topological polar surface area (TPSA) is 47.3 Å². The molecule has 0 saturated heterocycles. The Balaban J connectivity index is 2.13. The fourth-order valence-corrected chi connectivity index (χ4v) is 2.77. The van der Waals surface area contributed by atoms with Crippen molar-refractivity contribution >= 4 is 5.69 Å². The average molecular weight is 248 g/mol. The van der Waals surface area contributed by atoms with Crippen LogP contribution in [0.25, 0.3) is 0 Å². The Labute approximate surface area is 110 Å². The number of hydrogen-bond donors (Lipinski definition) is 2. The van der Waals surface area contributed by atoms with E-state index in [9.17, 15) is 0 Å². The molecule has 2 rings (SSSR count). The quantitative estimate of drug-likeness (QED) is 0.842. The van der Waals surface area contributed by atoms with Crippen molar-refractivity contribution < 1.29 is 4.74 Å². The Bertz CT molecular complexity index is 419. The van der Waals surface area contributed by atoms with Crippen LogP contribution in [0.4, 0.5) is 5.69 Å². The zero-order chi connectivity index (χ0) is 13.2. The highest BCUT2D eigenvalue weighted by Gasteiger charge is 2.35. The zero-order valence-corrected chi connectivity index (χ0v) is 11.7. The van der Waals surface area contributed by atoms with Gasteiger partial charge < -0.3 is 15.8 Å². The number of nitrogens with one attached hydrogen (secondary N) is 1. The molecule has 1 fully saturated rings. The molecule has 0 heterocycles. The lowest BCUT2D eigenvalue weighted by Crippen LogP contribution is -2.43. The molecule has 0 atom stereocenters. The minimum absolute atomic E-state index is 0.308. The molecule has 1 aliphatic rings. The second kappa shape index (κ2) is 5.19. The molecule has 0 unspecified atom stereocenters. The molecule has 0 radical (unpaired) electrons. The largest absolute Gasteiger partial charge is 0.494 e. The van der Waals surface area contributed by atoms with E-state index in [4.69, 9.17) is 10.5 Å². The van der Waals surface area contributed by atoms with Crippen LogP contribution in [0.5, 0.6) is 5.75 Å². The molecule has 18 heavy (non-hydrogen) atoms. The van der Waals surface area contributed by atoms with E-state index in [1.165, 1.54) is 30.4 Å². The van der Waals surface area contributed by atoms with Gasteiger partial charge in [-0.2, -0.15) is 0 Å². The maximum absolute atomic E-state index is 5.89. The minimum Gasteiger partial charge on any atom is -0.494 e. The van der Waals surface area contributed by atoms with Crippen LogP contribution in [0, 0.1) is 19.3 Å². The van der Waals surface area contributed by atoms with E-state index in [-0.39, 0.29) is 0 Å². The first-order chi connectivity index (χ1) is 8.60. The van der Waals surface area contributed by atoms with Crippen LogP contribution in [-0.4, -0.2) is 20.2 Å². The van der Waals surface area contributed by atoms with Crippen LogP contribution in [-0.2, 0) is 0 Å². The van der Waals surface area contributed by atoms with Gasteiger partial charge in [-0.25, -0.2) is 0 Å². The van der Waals surface area contributed by atoms with E-state index in [1.807, 2.05) is 0 Å². The third-order valence-electron chi connectivity index (χ3n) is 4.12. The van der Waals surface area contributed by atoms with Crippen molar-refractivity contribution in [2.24, 2.45) is 11.1 Å². The van der Waals surface area contributed by atoms with E-state index in [1.54, 1.807) is 7.11 Å². The molecule has 1 aromatic rings. The summed E-state index contributed by atoms with van der Waals surface area (Å²) in [5.41, 5.74) is 9.72. The SMILES string of the molecule is COc1c(C)cc(C)cc1NCC1(CN)CCC1. The summed E-state index contributed by atoms with van der Waals surface area (Å²) in [5.74, 6) is 0.951. The second-order valence-corrected chi connectivity index (χ2v) is 5.57. The van der Waals surface area contributed by atoms with Crippen molar-refractivity contribution in [3.63, 3.8) is 0 Å². The van der Waals surface area contributed by atoms with Gasteiger partial charge in [-0.3, -0.25) is 0 Å². The summed E-state index contributed by atoms with van der Waals surface area (Å²) in [4.78, 5) is 0. The number of benzene rings is 1. The third-order valence-corrected chi connectivity index (χ3v) is 4.12. The van der Waals surface area contributed by atoms with Crippen molar-refractivity contribution in [2.45, 2.75) is 33.1 Å². The Hall–Kier alpha value is -1.22. The zero-order valence-electron chi connectivity index (χ0n) is 11.7. The van der Waals surface area contributed by atoms with Gasteiger partial charge in [-0.05, 0) is 55.8 Å². The number of aryl methyl sites for hydroxylation is 2. The van der Waals surface area contributed by atoms with Gasteiger partial charge in [-0.1, -0.05) is 12.5 Å². The maximum Gasteiger partial charge on any atom is 0.144 e. The second-order valence-electron chi connectivity index (χ2n) is 5.57. The maximum atomic E-state index is 5.89. The van der Waals surface area contributed by atoms with Gasteiger partial charge in [0.25, 0.3) is 0 Å². The van der Waals surface area contributed by atoms with Gasteiger partial charge in [0.05, 0.1) is 12.8 Å². The van der Waals surface area contributed by atoms with Crippen LogP contribution in [0.3, 0.4) is 0 Å². The van der Waals surface area contributed by atoms with Crippen molar-refractivity contribution in [1.29, 1.82) is 0 Å². The molecule has 3 heteroatoms. The van der Waals surface area contributed by atoms with Crippen LogP contribution in [0.1, 0.15) is 30.4 Å². The predicted molar refractivity (Wildman–Crippen MR) is 76.3 cm³/mol. The van der Waals surface area contributed by atoms with Gasteiger partial charge >= 0.3 is 0 Å². The number of ether oxygens (including phenoxy) is 1. The molecule has 0 aliphatic heterocycles. The Kier molecular flexibility index (Phi) is 3.81. The summed E-state index contributed by atoms with van der Waals surface area (Å²) in [7, 11) is 1.73. The molecule has 1 saturated carbocycles. The molecular formula is C15H24N2O. The molecule has 0 amide bonds. The first-order valence-electron chi connectivity index (χ1n) is 6.69. The molecule has 3 nitrogen and oxygen atoms in total. The van der Waals surface area contributed by atoms with Gasteiger partial charge in [0, 0.05) is 6.54 Å². The van der Waals surface area contributed by atoms with Gasteiger partial charge in [0.2, 0.25) is 0 Å². The normalized spacial score (nSPS) is 17.1. The number of methoxy groups -OCH3 is 1. The highest BCUT2D eigenvalue weighted by molar-refractivity contribution is 5.61. The van der Waals surface area contributed by atoms with Gasteiger partial charge in [0.1, 0.15) is 5.75 Å². The van der Waals surface area contributed by atoms with E-state index >= 15 is 0 Å². The first kappa shape index (κ1) is 13.2. The number of anilines is 1. The van der Waals surface area contributed by atoms with Crippen molar-refractivity contribution in [1.82, 2.24) is 0 Å². The lowest BCUT2D eigenvalue weighted by molar-refractivity contribution is 0.163. The fraction of sp³-hybridized carbons (Fsp3) is 0.600. The third kappa shape index (κ3) is 2.46. The molecule has 1 aromatic carbocycles. The smallest absolute Gasteiger partial charge is 0.144 e. The molecule has 0 bridgehead atoms. The van der Waals surface area contributed by atoms with Crippen LogP contribution >= 0.6 is 0 Å². The molecule has 100 valence electrons. The standard InChI is InChI=1S/C15H24N2O/c1-11-7-12(2)14(18-3)13(8-11)17-10-15(9-16)5-4-6-15/h7-8,17H,4-6,9-10,16H2,1-3H3.